The first-order valence-electron chi connectivity index (χ1n) is 11.5. The summed E-state index contributed by atoms with van der Waals surface area (Å²) in [5, 5.41) is 1.32. The molecule has 1 unspecified atom stereocenters. The second-order valence-corrected chi connectivity index (χ2v) is 9.36. The summed E-state index contributed by atoms with van der Waals surface area (Å²) in [6.07, 6.45) is 7.43. The Kier molecular flexibility index (Phi) is 4.42. The van der Waals surface area contributed by atoms with Crippen molar-refractivity contribution >= 4 is 16.6 Å². The van der Waals surface area contributed by atoms with Crippen LogP contribution in [-0.4, -0.2) is 49.8 Å². The van der Waals surface area contributed by atoms with E-state index in [0.29, 0.717) is 6.04 Å². The molecule has 5 heteroatoms. The van der Waals surface area contributed by atoms with Gasteiger partial charge in [-0.25, -0.2) is 0 Å². The highest BCUT2D eigenvalue weighted by molar-refractivity contribution is 5.85. The number of nitrogens with one attached hydrogen (secondary N) is 1. The second kappa shape index (κ2) is 7.20. The van der Waals surface area contributed by atoms with Crippen LogP contribution in [0.25, 0.3) is 10.9 Å². The number of hydrogen-bond donors (Lipinski definition) is 1. The Balaban J connectivity index is 1.37. The van der Waals surface area contributed by atoms with Crippen LogP contribution in [-0.2, 0) is 5.54 Å². The maximum absolute atomic E-state index is 5.67. The number of hydrogen-bond acceptors (Lipinski definition) is 4. The first-order chi connectivity index (χ1) is 15.2. The average molecular weight is 418 g/mol. The van der Waals surface area contributed by atoms with Crippen LogP contribution in [0.4, 0.5) is 5.69 Å². The molecular formula is C26H31N3O2. The predicted octanol–water partition coefficient (Wildman–Crippen LogP) is 4.78. The molecule has 31 heavy (non-hydrogen) atoms. The molecule has 3 saturated heterocycles. The minimum Gasteiger partial charge on any atom is -0.497 e. The van der Waals surface area contributed by atoms with Gasteiger partial charge in [0.2, 0.25) is 0 Å². The molecule has 7 rings (SSSR count). The average Bonchev–Trinajstić information content (AvgIpc) is 3.28. The van der Waals surface area contributed by atoms with Gasteiger partial charge in [0.15, 0.2) is 0 Å². The van der Waals surface area contributed by atoms with Crippen LogP contribution in [0.5, 0.6) is 11.5 Å². The lowest BCUT2D eigenvalue weighted by molar-refractivity contribution is -0.0912. The number of H-pyrrole nitrogens is 1. The lowest BCUT2D eigenvalue weighted by Gasteiger charge is -2.62. The zero-order valence-corrected chi connectivity index (χ0v) is 18.4. The number of benzene rings is 2. The number of piperidine rings is 2. The van der Waals surface area contributed by atoms with Gasteiger partial charge in [0.1, 0.15) is 11.5 Å². The van der Waals surface area contributed by atoms with E-state index >= 15 is 0 Å². The summed E-state index contributed by atoms with van der Waals surface area (Å²) in [6, 6.07) is 15.5. The molecule has 3 aromatic rings. The Hall–Kier alpha value is -2.66. The van der Waals surface area contributed by atoms with E-state index in [1.54, 1.807) is 14.2 Å². The number of piperazine rings is 1. The molecule has 3 aliphatic heterocycles. The Morgan fingerprint density at radius 1 is 1.00 bits per heavy atom. The molecule has 4 fully saturated rings. The predicted molar refractivity (Wildman–Crippen MR) is 124 cm³/mol. The highest BCUT2D eigenvalue weighted by Crippen LogP contribution is 2.55. The van der Waals surface area contributed by atoms with Crippen molar-refractivity contribution in [1.82, 2.24) is 9.88 Å². The number of aromatic amines is 1. The lowest BCUT2D eigenvalue weighted by atomic mass is 9.63. The molecule has 2 bridgehead atoms. The first-order valence-corrected chi connectivity index (χ1v) is 11.5. The Morgan fingerprint density at radius 3 is 2.65 bits per heavy atom. The van der Waals surface area contributed by atoms with E-state index in [2.05, 4.69) is 57.4 Å². The van der Waals surface area contributed by atoms with Gasteiger partial charge in [-0.1, -0.05) is 12.1 Å². The van der Waals surface area contributed by atoms with Gasteiger partial charge in [0.25, 0.3) is 0 Å². The van der Waals surface area contributed by atoms with Gasteiger partial charge >= 0.3 is 0 Å². The number of para-hydroxylation sites is 2. The van der Waals surface area contributed by atoms with Crippen molar-refractivity contribution in [3.63, 3.8) is 0 Å². The highest BCUT2D eigenvalue weighted by atomic mass is 16.5. The molecule has 1 saturated carbocycles. The Morgan fingerprint density at radius 2 is 1.84 bits per heavy atom. The summed E-state index contributed by atoms with van der Waals surface area (Å²) < 4.78 is 11.2. The van der Waals surface area contributed by atoms with Crippen LogP contribution in [0, 0.1) is 5.92 Å². The van der Waals surface area contributed by atoms with Crippen LogP contribution in [0.2, 0.25) is 0 Å². The number of fused-ring (bicyclic) bond motifs is 3. The summed E-state index contributed by atoms with van der Waals surface area (Å²) >= 11 is 0. The number of methoxy groups -OCH3 is 2. The third-order valence-corrected chi connectivity index (χ3v) is 8.19. The topological polar surface area (TPSA) is 40.7 Å². The molecular weight excluding hydrogens is 386 g/mol. The number of anilines is 1. The molecule has 0 spiro atoms. The number of nitrogens with zero attached hydrogens (tertiary/aromatic N) is 2. The Labute approximate surface area is 183 Å². The van der Waals surface area contributed by atoms with Gasteiger partial charge in [0.05, 0.1) is 19.9 Å². The van der Waals surface area contributed by atoms with Gasteiger partial charge < -0.3 is 19.4 Å². The van der Waals surface area contributed by atoms with Crippen LogP contribution in [0.1, 0.15) is 31.2 Å². The van der Waals surface area contributed by atoms with E-state index in [1.807, 2.05) is 6.07 Å². The molecule has 0 radical (unpaired) electrons. The maximum Gasteiger partial charge on any atom is 0.142 e. The normalized spacial score (nSPS) is 28.0. The van der Waals surface area contributed by atoms with E-state index in [0.717, 1.165) is 37.1 Å². The second-order valence-electron chi connectivity index (χ2n) is 9.36. The molecule has 4 heterocycles. The van der Waals surface area contributed by atoms with Crippen molar-refractivity contribution in [1.29, 1.82) is 0 Å². The van der Waals surface area contributed by atoms with Crippen molar-refractivity contribution in [2.45, 2.75) is 37.3 Å². The fraction of sp³-hybridized carbons (Fsp3) is 0.462. The molecule has 4 aliphatic rings. The van der Waals surface area contributed by atoms with E-state index in [9.17, 15) is 0 Å². The summed E-state index contributed by atoms with van der Waals surface area (Å²) in [5.74, 6) is 2.71. The zero-order valence-electron chi connectivity index (χ0n) is 18.4. The highest BCUT2D eigenvalue weighted by Gasteiger charge is 2.54. The van der Waals surface area contributed by atoms with Gasteiger partial charge in [0, 0.05) is 48.3 Å². The van der Waals surface area contributed by atoms with Crippen LogP contribution in [0.15, 0.2) is 48.7 Å². The smallest absolute Gasteiger partial charge is 0.142 e. The molecule has 1 N–H and O–H groups in total. The fourth-order valence-corrected chi connectivity index (χ4v) is 6.68. The van der Waals surface area contributed by atoms with Crippen molar-refractivity contribution in [3.05, 3.63) is 54.2 Å². The van der Waals surface area contributed by atoms with Crippen LogP contribution < -0.4 is 14.4 Å². The van der Waals surface area contributed by atoms with Gasteiger partial charge in [-0.15, -0.1) is 0 Å². The molecule has 1 aliphatic carbocycles. The van der Waals surface area contributed by atoms with Crippen molar-refractivity contribution in [2.24, 2.45) is 5.92 Å². The fourth-order valence-electron chi connectivity index (χ4n) is 6.68. The van der Waals surface area contributed by atoms with Gasteiger partial charge in [-0.3, -0.25) is 4.90 Å². The minimum atomic E-state index is 0.136. The molecule has 0 amide bonds. The largest absolute Gasteiger partial charge is 0.497 e. The van der Waals surface area contributed by atoms with Crippen molar-refractivity contribution in [2.75, 3.05) is 38.8 Å². The molecule has 162 valence electrons. The number of aromatic nitrogens is 1. The SMILES string of the molecule is COc1ccc2[nH]cc(C34CCC(CC3)C3CN(c5ccccc5OC)CCN34)c2c1. The standard InChI is InChI=1S/C26H31N3O2/c1-30-19-7-8-22-20(15-19)21(16-27-22)26-11-9-18(10-12-26)24-17-28(13-14-29(24)26)23-5-3-4-6-25(23)31-2/h3-8,15-16,18,24,27H,9-14,17H2,1-2H3. The summed E-state index contributed by atoms with van der Waals surface area (Å²) in [6.45, 7) is 3.21. The van der Waals surface area contributed by atoms with Crippen molar-refractivity contribution in [3.8, 4) is 11.5 Å². The Bertz CT molecular complexity index is 1100. The summed E-state index contributed by atoms with van der Waals surface area (Å²) in [5.41, 5.74) is 4.05. The van der Waals surface area contributed by atoms with E-state index < -0.39 is 0 Å². The quantitative estimate of drug-likeness (QED) is 0.664. The maximum atomic E-state index is 5.67. The first kappa shape index (κ1) is 19.1. The van der Waals surface area contributed by atoms with Crippen molar-refractivity contribution < 1.29 is 9.47 Å². The number of rotatable bonds is 4. The molecule has 5 nitrogen and oxygen atoms in total. The monoisotopic (exact) mass is 417 g/mol. The number of ether oxygens (including phenoxy) is 2. The third kappa shape index (κ3) is 2.79. The minimum absolute atomic E-state index is 0.136. The molecule has 1 atom stereocenters. The summed E-state index contributed by atoms with van der Waals surface area (Å²) in [7, 11) is 3.53. The van der Waals surface area contributed by atoms with Gasteiger partial charge in [-0.05, 0) is 67.5 Å². The van der Waals surface area contributed by atoms with Crippen LogP contribution >= 0.6 is 0 Å². The molecule has 2 aromatic carbocycles. The van der Waals surface area contributed by atoms with Gasteiger partial charge in [-0.2, -0.15) is 0 Å². The van der Waals surface area contributed by atoms with E-state index in [4.69, 9.17) is 9.47 Å². The summed E-state index contributed by atoms with van der Waals surface area (Å²) in [4.78, 5) is 8.96. The third-order valence-electron chi connectivity index (χ3n) is 8.19. The zero-order chi connectivity index (χ0) is 21.0. The molecule has 1 aromatic heterocycles. The van der Waals surface area contributed by atoms with Crippen LogP contribution in [0.3, 0.4) is 0 Å². The lowest BCUT2D eigenvalue weighted by Crippen LogP contribution is -2.68. The van der Waals surface area contributed by atoms with E-state index in [-0.39, 0.29) is 5.54 Å². The van der Waals surface area contributed by atoms with E-state index in [1.165, 1.54) is 47.8 Å².